The lowest BCUT2D eigenvalue weighted by Gasteiger charge is -2.23. The van der Waals surface area contributed by atoms with Crippen LogP contribution >= 0.6 is 0 Å². The van der Waals surface area contributed by atoms with Crippen LogP contribution in [0.4, 0.5) is 0 Å². The van der Waals surface area contributed by atoms with E-state index in [1.807, 2.05) is 12.1 Å². The zero-order valence-corrected chi connectivity index (χ0v) is 7.71. The maximum Gasteiger partial charge on any atom is 0.104 e. The highest BCUT2D eigenvalue weighted by atomic mass is 16.3. The maximum absolute atomic E-state index is 9.14. The Kier molecular flexibility index (Phi) is 2.93. The molecule has 0 saturated carbocycles. The summed E-state index contributed by atoms with van der Waals surface area (Å²) in [6.07, 6.45) is 3.44. The van der Waals surface area contributed by atoms with Gasteiger partial charge >= 0.3 is 0 Å². The van der Waals surface area contributed by atoms with Crippen molar-refractivity contribution in [2.45, 2.75) is 26.7 Å². The molecule has 0 amide bonds. The molecule has 68 valence electrons. The predicted octanol–water partition coefficient (Wildman–Crippen LogP) is 2.23. The standard InChI is InChI=1S/C10H16O2/c1-3-10(2,8-11)7-9-5-4-6-12-9/h4-6,11H,3,7-8H2,1-2H3. The van der Waals surface area contributed by atoms with Crippen molar-refractivity contribution in [1.29, 1.82) is 0 Å². The van der Waals surface area contributed by atoms with Gasteiger partial charge in [-0.25, -0.2) is 0 Å². The van der Waals surface area contributed by atoms with Crippen molar-refractivity contribution in [2.24, 2.45) is 5.41 Å². The van der Waals surface area contributed by atoms with Gasteiger partial charge in [0, 0.05) is 13.0 Å². The lowest BCUT2D eigenvalue weighted by atomic mass is 9.84. The Balaban J connectivity index is 2.60. The van der Waals surface area contributed by atoms with Gasteiger partial charge in [0.05, 0.1) is 6.26 Å². The number of hydrogen-bond donors (Lipinski definition) is 1. The molecule has 0 aliphatic heterocycles. The van der Waals surface area contributed by atoms with Gasteiger partial charge in [0.1, 0.15) is 5.76 Å². The van der Waals surface area contributed by atoms with Crippen LogP contribution in [0.1, 0.15) is 26.0 Å². The Morgan fingerprint density at radius 2 is 2.33 bits per heavy atom. The summed E-state index contributed by atoms with van der Waals surface area (Å²) in [5.74, 6) is 0.952. The number of rotatable bonds is 4. The fourth-order valence-corrected chi connectivity index (χ4v) is 1.13. The third-order valence-electron chi connectivity index (χ3n) is 2.42. The van der Waals surface area contributed by atoms with Crippen LogP contribution in [0.15, 0.2) is 22.8 Å². The summed E-state index contributed by atoms with van der Waals surface area (Å²) < 4.78 is 5.22. The molecule has 12 heavy (non-hydrogen) atoms. The van der Waals surface area contributed by atoms with Gasteiger partial charge in [0.25, 0.3) is 0 Å². The normalized spacial score (nSPS) is 15.9. The predicted molar refractivity (Wildman–Crippen MR) is 47.9 cm³/mol. The number of hydrogen-bond acceptors (Lipinski definition) is 2. The molecule has 0 saturated heterocycles. The van der Waals surface area contributed by atoms with Crippen LogP contribution in [0.5, 0.6) is 0 Å². The van der Waals surface area contributed by atoms with Crippen LogP contribution in [0.25, 0.3) is 0 Å². The van der Waals surface area contributed by atoms with Gasteiger partial charge in [-0.2, -0.15) is 0 Å². The van der Waals surface area contributed by atoms with E-state index in [0.717, 1.165) is 18.6 Å². The lowest BCUT2D eigenvalue weighted by molar-refractivity contribution is 0.131. The van der Waals surface area contributed by atoms with E-state index in [1.165, 1.54) is 0 Å². The summed E-state index contributed by atoms with van der Waals surface area (Å²) in [6.45, 7) is 4.36. The topological polar surface area (TPSA) is 33.4 Å². The summed E-state index contributed by atoms with van der Waals surface area (Å²) in [4.78, 5) is 0. The van der Waals surface area contributed by atoms with Crippen LogP contribution in [0.3, 0.4) is 0 Å². The first-order valence-electron chi connectivity index (χ1n) is 4.33. The van der Waals surface area contributed by atoms with Gasteiger partial charge in [-0.05, 0) is 24.0 Å². The minimum Gasteiger partial charge on any atom is -0.469 e. The molecular formula is C10H16O2. The van der Waals surface area contributed by atoms with E-state index in [-0.39, 0.29) is 12.0 Å². The quantitative estimate of drug-likeness (QED) is 0.747. The monoisotopic (exact) mass is 168 g/mol. The van der Waals surface area contributed by atoms with Crippen LogP contribution < -0.4 is 0 Å². The molecule has 0 bridgehead atoms. The summed E-state index contributed by atoms with van der Waals surface area (Å²) >= 11 is 0. The minimum atomic E-state index is -0.0299. The average Bonchev–Trinajstić information content (AvgIpc) is 2.57. The van der Waals surface area contributed by atoms with Crippen molar-refractivity contribution in [3.63, 3.8) is 0 Å². The van der Waals surface area contributed by atoms with Crippen molar-refractivity contribution >= 4 is 0 Å². The smallest absolute Gasteiger partial charge is 0.104 e. The van der Waals surface area contributed by atoms with Crippen LogP contribution in [-0.2, 0) is 6.42 Å². The zero-order chi connectivity index (χ0) is 9.03. The molecule has 0 aliphatic carbocycles. The largest absolute Gasteiger partial charge is 0.469 e. The third kappa shape index (κ3) is 2.11. The highest BCUT2D eigenvalue weighted by molar-refractivity contribution is 5.01. The van der Waals surface area contributed by atoms with E-state index in [9.17, 15) is 0 Å². The average molecular weight is 168 g/mol. The summed E-state index contributed by atoms with van der Waals surface area (Å²) in [7, 11) is 0. The molecule has 0 aromatic carbocycles. The van der Waals surface area contributed by atoms with Crippen molar-refractivity contribution in [3.05, 3.63) is 24.2 Å². The molecule has 2 heteroatoms. The Labute approximate surface area is 73.2 Å². The second-order valence-corrected chi connectivity index (χ2v) is 3.58. The van der Waals surface area contributed by atoms with Crippen molar-refractivity contribution < 1.29 is 9.52 Å². The minimum absolute atomic E-state index is 0.0299. The molecule has 1 rings (SSSR count). The van der Waals surface area contributed by atoms with Gasteiger partial charge < -0.3 is 9.52 Å². The van der Waals surface area contributed by atoms with E-state index in [2.05, 4.69) is 13.8 Å². The van der Waals surface area contributed by atoms with E-state index in [1.54, 1.807) is 6.26 Å². The van der Waals surface area contributed by atoms with Gasteiger partial charge in [-0.15, -0.1) is 0 Å². The molecular weight excluding hydrogens is 152 g/mol. The SMILES string of the molecule is CCC(C)(CO)Cc1ccco1. The molecule has 1 aromatic heterocycles. The Morgan fingerprint density at radius 1 is 1.58 bits per heavy atom. The molecule has 1 atom stereocenters. The fraction of sp³-hybridized carbons (Fsp3) is 0.600. The van der Waals surface area contributed by atoms with E-state index in [4.69, 9.17) is 9.52 Å². The summed E-state index contributed by atoms with van der Waals surface area (Å²) in [5, 5.41) is 9.14. The van der Waals surface area contributed by atoms with E-state index in [0.29, 0.717) is 0 Å². The first-order valence-corrected chi connectivity index (χ1v) is 4.33. The molecule has 0 spiro atoms. The third-order valence-corrected chi connectivity index (χ3v) is 2.42. The highest BCUT2D eigenvalue weighted by Gasteiger charge is 2.22. The summed E-state index contributed by atoms with van der Waals surface area (Å²) in [5.41, 5.74) is -0.0299. The Bertz CT molecular complexity index is 210. The van der Waals surface area contributed by atoms with Gasteiger partial charge in [0.2, 0.25) is 0 Å². The molecule has 1 aromatic rings. The molecule has 0 radical (unpaired) electrons. The van der Waals surface area contributed by atoms with Gasteiger partial charge in [0.15, 0.2) is 0 Å². The lowest BCUT2D eigenvalue weighted by Crippen LogP contribution is -2.22. The van der Waals surface area contributed by atoms with E-state index < -0.39 is 0 Å². The number of furan rings is 1. The first-order chi connectivity index (χ1) is 5.70. The zero-order valence-electron chi connectivity index (χ0n) is 7.71. The molecule has 1 heterocycles. The first kappa shape index (κ1) is 9.33. The molecule has 0 fully saturated rings. The van der Waals surface area contributed by atoms with E-state index >= 15 is 0 Å². The highest BCUT2D eigenvalue weighted by Crippen LogP contribution is 2.25. The molecule has 1 unspecified atom stereocenters. The van der Waals surface area contributed by atoms with Gasteiger partial charge in [-0.1, -0.05) is 13.8 Å². The number of aliphatic hydroxyl groups is 1. The molecule has 2 nitrogen and oxygen atoms in total. The fourth-order valence-electron chi connectivity index (χ4n) is 1.13. The molecule has 1 N–H and O–H groups in total. The summed E-state index contributed by atoms with van der Waals surface area (Å²) in [6, 6.07) is 3.83. The van der Waals surface area contributed by atoms with Crippen molar-refractivity contribution in [3.8, 4) is 0 Å². The molecule has 0 aliphatic rings. The van der Waals surface area contributed by atoms with Crippen LogP contribution in [0.2, 0.25) is 0 Å². The van der Waals surface area contributed by atoms with Crippen LogP contribution in [-0.4, -0.2) is 11.7 Å². The second kappa shape index (κ2) is 3.76. The Hall–Kier alpha value is -0.760. The van der Waals surface area contributed by atoms with Gasteiger partial charge in [-0.3, -0.25) is 0 Å². The van der Waals surface area contributed by atoms with Crippen molar-refractivity contribution in [1.82, 2.24) is 0 Å². The maximum atomic E-state index is 9.14. The van der Waals surface area contributed by atoms with Crippen LogP contribution in [0, 0.1) is 5.41 Å². The second-order valence-electron chi connectivity index (χ2n) is 3.58. The Morgan fingerprint density at radius 3 is 2.75 bits per heavy atom. The van der Waals surface area contributed by atoms with Crippen molar-refractivity contribution in [2.75, 3.05) is 6.61 Å². The number of aliphatic hydroxyl groups excluding tert-OH is 1.